The number of aliphatic hydroxyl groups excluding tert-OH is 2. The van der Waals surface area contributed by atoms with Gasteiger partial charge in [-0.05, 0) is 30.4 Å². The van der Waals surface area contributed by atoms with E-state index < -0.39 is 67.2 Å². The Bertz CT molecular complexity index is 1280. The van der Waals surface area contributed by atoms with Gasteiger partial charge >= 0.3 is 7.82 Å². The first-order valence-corrected chi connectivity index (χ1v) is 10.3. The number of hydrogen-bond acceptors (Lipinski definition) is 9. The molecule has 2 aliphatic heterocycles. The molecule has 1 aromatic carbocycles. The van der Waals surface area contributed by atoms with Gasteiger partial charge in [0.05, 0.1) is 15.5 Å². The van der Waals surface area contributed by atoms with Crippen LogP contribution in [0.1, 0.15) is 14.5 Å². The fourth-order valence-electron chi connectivity index (χ4n) is 2.85. The van der Waals surface area contributed by atoms with Crippen LogP contribution in [-0.4, -0.2) is 44.4 Å². The first kappa shape index (κ1) is 19.6. The zero-order valence-electron chi connectivity index (χ0n) is 17.0. The van der Waals surface area contributed by atoms with Crippen molar-refractivity contribution in [2.45, 2.75) is 30.9 Å². The third-order valence-corrected chi connectivity index (χ3v) is 5.89. The molecule has 0 spiro atoms. The average molecular weight is 484 g/mol. The largest absolute Gasteiger partial charge is 0.530 e. The van der Waals surface area contributed by atoms with E-state index in [2.05, 4.69) is 4.52 Å². The van der Waals surface area contributed by atoms with Crippen molar-refractivity contribution < 1.29 is 49.0 Å². The second kappa shape index (κ2) is 7.81. The minimum atomic E-state index is -4.88. The minimum Gasteiger partial charge on any atom is -0.404 e. The lowest BCUT2D eigenvalue weighted by molar-refractivity contribution is -0.205. The summed E-state index contributed by atoms with van der Waals surface area (Å²) in [4.78, 5) is 13.2. The number of ether oxygens (including phenoxy) is 1. The fraction of sp³-hybridized carbons (Fsp3) is 0.375. The number of rotatable bonds is 4. The molecule has 1 fully saturated rings. The number of H-pyrrole nitrogens is 1. The van der Waals surface area contributed by atoms with E-state index >= 15 is 4.39 Å². The van der Waals surface area contributed by atoms with Crippen molar-refractivity contribution >= 4 is 20.0 Å². The van der Waals surface area contributed by atoms with E-state index in [-0.39, 0.29) is 11.3 Å². The third kappa shape index (κ3) is 4.07. The van der Waals surface area contributed by atoms with Crippen LogP contribution in [0.4, 0.5) is 13.2 Å². The summed E-state index contributed by atoms with van der Waals surface area (Å²) in [5.41, 5.74) is -1.11. The molecule has 3 N–H and O–H groups in total. The zero-order chi connectivity index (χ0) is 24.3. The number of aromatic amines is 1. The summed E-state index contributed by atoms with van der Waals surface area (Å²) in [5, 5.41) is 20.4. The molecule has 0 bridgehead atoms. The van der Waals surface area contributed by atoms with E-state index in [9.17, 15) is 28.4 Å². The smallest absolute Gasteiger partial charge is 0.404 e. The Morgan fingerprint density at radius 3 is 2.94 bits per heavy atom. The number of aliphatic hydroxyl groups is 2. The first-order valence-electron chi connectivity index (χ1n) is 9.43. The summed E-state index contributed by atoms with van der Waals surface area (Å²) in [7, 11) is -4.88. The monoisotopic (exact) mass is 484 g/mol. The molecule has 2 aromatic rings. The van der Waals surface area contributed by atoms with Crippen LogP contribution in [0.5, 0.6) is 5.75 Å². The lowest BCUT2D eigenvalue weighted by atomic mass is 10.1. The summed E-state index contributed by atoms with van der Waals surface area (Å²) in [6, 6.07) is 3.02. The standard InChI is InChI=1S/C16H14F3N2O8PS/c17-8-1-2-10-7(3-8)5-26-30(25,29-10)27-6-16(19)12(23)11(22)14(28-16)21-4-9(18)13(24)20-15(21)31/h1-4,11-12,14,22-23H,5-6H2,(H,20,24,31)/t11-,12+,14-,16-,30?/m1/s1/i6D2. The maximum absolute atomic E-state index is 15.6. The van der Waals surface area contributed by atoms with Crippen molar-refractivity contribution in [2.24, 2.45) is 0 Å². The highest BCUT2D eigenvalue weighted by atomic mass is 32.1. The highest BCUT2D eigenvalue weighted by Gasteiger charge is 2.57. The molecule has 0 amide bonds. The number of benzene rings is 1. The van der Waals surface area contributed by atoms with E-state index in [0.29, 0.717) is 10.8 Å². The number of aromatic nitrogens is 2. The van der Waals surface area contributed by atoms with Gasteiger partial charge in [-0.3, -0.25) is 23.4 Å². The minimum absolute atomic E-state index is 0.114. The number of phosphoric ester groups is 1. The van der Waals surface area contributed by atoms with Gasteiger partial charge in [-0.25, -0.2) is 13.3 Å². The van der Waals surface area contributed by atoms with E-state index in [1.54, 1.807) is 0 Å². The van der Waals surface area contributed by atoms with Crippen LogP contribution < -0.4 is 10.1 Å². The molecule has 4 rings (SSSR count). The number of phosphoric acid groups is 1. The Morgan fingerprint density at radius 1 is 1.45 bits per heavy atom. The average Bonchev–Trinajstić information content (AvgIpc) is 2.96. The Hall–Kier alpha value is -2.06. The highest BCUT2D eigenvalue weighted by molar-refractivity contribution is 7.71. The third-order valence-electron chi connectivity index (χ3n) is 4.39. The van der Waals surface area contributed by atoms with Gasteiger partial charge < -0.3 is 19.5 Å². The molecule has 0 aliphatic carbocycles. The van der Waals surface area contributed by atoms with Crippen molar-refractivity contribution in [1.82, 2.24) is 9.55 Å². The molecule has 2 aliphatic rings. The Morgan fingerprint density at radius 2 is 2.19 bits per heavy atom. The number of nitrogens with zero attached hydrogens (tertiary/aromatic N) is 1. The SMILES string of the molecule is [2H]C([2H])(OP1(=O)OCc2cc(F)ccc2O1)[C@@]1(F)O[C@@H](n2cc(F)c(=O)[nH]c2=S)[C@H](O)[C@@H]1O. The van der Waals surface area contributed by atoms with Gasteiger partial charge in [0.1, 0.15) is 30.3 Å². The van der Waals surface area contributed by atoms with Gasteiger partial charge in [0.15, 0.2) is 11.0 Å². The molecule has 1 saturated heterocycles. The number of halogens is 3. The maximum atomic E-state index is 15.6. The molecule has 31 heavy (non-hydrogen) atoms. The van der Waals surface area contributed by atoms with Crippen molar-refractivity contribution in [2.75, 3.05) is 6.56 Å². The van der Waals surface area contributed by atoms with Gasteiger partial charge in [-0.15, -0.1) is 0 Å². The van der Waals surface area contributed by atoms with E-state index in [1.807, 2.05) is 4.98 Å². The maximum Gasteiger partial charge on any atom is 0.530 e. The quantitative estimate of drug-likeness (QED) is 0.439. The molecule has 168 valence electrons. The van der Waals surface area contributed by atoms with Gasteiger partial charge in [0, 0.05) is 5.56 Å². The summed E-state index contributed by atoms with van der Waals surface area (Å²) >= 11 is 4.80. The molecular formula is C16H14F3N2O8PS. The van der Waals surface area contributed by atoms with Gasteiger partial charge in [-0.2, -0.15) is 4.39 Å². The van der Waals surface area contributed by atoms with Gasteiger partial charge in [0.2, 0.25) is 5.82 Å². The van der Waals surface area contributed by atoms with Gasteiger partial charge in [-0.1, -0.05) is 0 Å². The van der Waals surface area contributed by atoms with Crippen LogP contribution in [0, 0.1) is 16.4 Å². The van der Waals surface area contributed by atoms with Crippen molar-refractivity contribution in [1.29, 1.82) is 0 Å². The molecule has 10 nitrogen and oxygen atoms in total. The molecule has 0 radical (unpaired) electrons. The summed E-state index contributed by atoms with van der Waals surface area (Å²) in [6.45, 7) is -4.33. The molecule has 15 heteroatoms. The van der Waals surface area contributed by atoms with Crippen molar-refractivity contribution in [3.8, 4) is 5.75 Å². The number of alkyl halides is 1. The van der Waals surface area contributed by atoms with Gasteiger partial charge in [0.25, 0.3) is 11.4 Å². The summed E-state index contributed by atoms with van der Waals surface area (Å²) < 4.78 is 90.5. The Labute approximate surface area is 179 Å². The molecule has 5 atom stereocenters. The predicted octanol–water partition coefficient (Wildman–Crippen LogP) is 1.83. The van der Waals surface area contributed by atoms with Crippen LogP contribution in [-0.2, 0) is 25.0 Å². The van der Waals surface area contributed by atoms with E-state index in [0.717, 1.165) is 18.2 Å². The molecule has 0 saturated carbocycles. The molecule has 3 heterocycles. The zero-order valence-corrected chi connectivity index (χ0v) is 16.7. The topological polar surface area (TPSA) is 132 Å². The number of hydrogen-bond donors (Lipinski definition) is 3. The lowest BCUT2D eigenvalue weighted by Gasteiger charge is -2.28. The second-order valence-corrected chi connectivity index (χ2v) is 8.39. The molecular weight excluding hydrogens is 468 g/mol. The van der Waals surface area contributed by atoms with Crippen LogP contribution >= 0.6 is 20.0 Å². The Kier molecular flexibility index (Phi) is 4.94. The number of nitrogens with one attached hydrogen (secondary N) is 1. The molecule has 1 aromatic heterocycles. The Balaban J connectivity index is 1.63. The summed E-state index contributed by atoms with van der Waals surface area (Å²) in [6.07, 6.45) is -6.49. The molecule has 1 unspecified atom stereocenters. The lowest BCUT2D eigenvalue weighted by Crippen LogP contribution is -2.43. The van der Waals surface area contributed by atoms with Crippen LogP contribution in [0.25, 0.3) is 0 Å². The normalized spacial score (nSPS) is 33.9. The van der Waals surface area contributed by atoms with Crippen molar-refractivity contribution in [3.05, 3.63) is 56.7 Å². The van der Waals surface area contributed by atoms with Crippen LogP contribution in [0.3, 0.4) is 0 Å². The van der Waals surface area contributed by atoms with E-state index in [1.165, 1.54) is 0 Å². The van der Waals surface area contributed by atoms with E-state index in [4.69, 9.17) is 28.7 Å². The van der Waals surface area contributed by atoms with Crippen molar-refractivity contribution in [3.63, 3.8) is 0 Å². The fourth-order valence-corrected chi connectivity index (χ4v) is 4.20. The number of fused-ring (bicyclic) bond motifs is 1. The predicted molar refractivity (Wildman–Crippen MR) is 97.2 cm³/mol. The van der Waals surface area contributed by atoms with Crippen LogP contribution in [0.15, 0.2) is 29.2 Å². The first-order chi connectivity index (χ1) is 15.3. The second-order valence-electron chi connectivity index (χ2n) is 6.49. The van der Waals surface area contributed by atoms with Crippen LogP contribution in [0.2, 0.25) is 0 Å². The summed E-state index contributed by atoms with van der Waals surface area (Å²) in [5.74, 6) is -6.15. The highest BCUT2D eigenvalue weighted by Crippen LogP contribution is 2.55.